The van der Waals surface area contributed by atoms with E-state index < -0.39 is 14.0 Å². The van der Waals surface area contributed by atoms with Gasteiger partial charge < -0.3 is 19.2 Å². The molecule has 0 unspecified atom stereocenters. The van der Waals surface area contributed by atoms with Crippen molar-refractivity contribution >= 4 is 14.0 Å². The van der Waals surface area contributed by atoms with Gasteiger partial charge in [-0.05, 0) is 6.04 Å². The third-order valence-electron chi connectivity index (χ3n) is 2.08. The van der Waals surface area contributed by atoms with E-state index in [9.17, 15) is 9.90 Å². The fourth-order valence-electron chi connectivity index (χ4n) is 1.08. The highest BCUT2D eigenvalue weighted by atomic mass is 28.3. The molecular formula is C10H17N2O3Si-. The minimum Gasteiger partial charge on any atom is -0.543 e. The number of aromatic nitrogens is 2. The topological polar surface area (TPSA) is 67.2 Å². The molecule has 0 N–H and O–H groups in total. The summed E-state index contributed by atoms with van der Waals surface area (Å²) in [5, 5.41) is 10.5. The number of hydrogen-bond donors (Lipinski definition) is 0. The van der Waals surface area contributed by atoms with Crippen LogP contribution in [-0.4, -0.2) is 30.2 Å². The van der Waals surface area contributed by atoms with Crippen LogP contribution in [-0.2, 0) is 11.5 Å². The number of hydrogen-bond acceptors (Lipinski definition) is 4. The summed E-state index contributed by atoms with van der Waals surface area (Å²) in [5.74, 6) is -1.26. The summed E-state index contributed by atoms with van der Waals surface area (Å²) in [5.41, 5.74) is -0.0613. The molecule has 0 aliphatic rings. The molecule has 0 atom stereocenters. The molecule has 1 aromatic heterocycles. The number of carbonyl (C=O) groups is 1. The molecule has 1 rings (SSSR count). The Morgan fingerprint density at radius 1 is 1.56 bits per heavy atom. The van der Waals surface area contributed by atoms with Gasteiger partial charge in [0.2, 0.25) is 0 Å². The van der Waals surface area contributed by atoms with E-state index in [1.165, 1.54) is 12.5 Å². The summed E-state index contributed by atoms with van der Waals surface area (Å²) in [7, 11) is -1.06. The lowest BCUT2D eigenvalue weighted by Crippen LogP contribution is -2.22. The van der Waals surface area contributed by atoms with Crippen molar-refractivity contribution in [1.82, 2.24) is 9.55 Å². The van der Waals surface area contributed by atoms with E-state index in [4.69, 9.17) is 4.74 Å². The summed E-state index contributed by atoms with van der Waals surface area (Å²) in [6, 6.07) is 1.09. The number of carbonyl (C=O) groups excluding carboxylic acids is 1. The summed E-state index contributed by atoms with van der Waals surface area (Å²) in [6.07, 6.45) is 2.84. The van der Waals surface area contributed by atoms with Crippen LogP contribution in [0.5, 0.6) is 0 Å². The molecule has 0 saturated heterocycles. The van der Waals surface area contributed by atoms with Crippen LogP contribution in [0.15, 0.2) is 12.5 Å². The van der Waals surface area contributed by atoms with Gasteiger partial charge in [0.05, 0.1) is 12.3 Å². The quantitative estimate of drug-likeness (QED) is 0.539. The molecule has 0 saturated carbocycles. The van der Waals surface area contributed by atoms with Gasteiger partial charge in [-0.3, -0.25) is 0 Å². The maximum atomic E-state index is 10.5. The lowest BCUT2D eigenvalue weighted by Gasteiger charge is -2.15. The van der Waals surface area contributed by atoms with Crippen LogP contribution in [0.3, 0.4) is 0 Å². The second-order valence-electron chi connectivity index (χ2n) is 4.91. The fourth-order valence-corrected chi connectivity index (χ4v) is 1.84. The average Bonchev–Trinajstić information content (AvgIpc) is 2.59. The van der Waals surface area contributed by atoms with Gasteiger partial charge in [-0.15, -0.1) is 0 Å². The van der Waals surface area contributed by atoms with Crippen LogP contribution < -0.4 is 5.11 Å². The largest absolute Gasteiger partial charge is 0.543 e. The van der Waals surface area contributed by atoms with Crippen molar-refractivity contribution in [3.05, 3.63) is 18.2 Å². The first kappa shape index (κ1) is 12.9. The fraction of sp³-hybridized carbons (Fsp3) is 0.600. The maximum absolute atomic E-state index is 10.5. The SMILES string of the molecule is C[Si](C)(C)CCOCn1cnc(C(=O)[O-])c1. The highest BCUT2D eigenvalue weighted by Gasteiger charge is 2.11. The first-order valence-electron chi connectivity index (χ1n) is 5.19. The van der Waals surface area contributed by atoms with Gasteiger partial charge >= 0.3 is 0 Å². The minimum atomic E-state index is -1.26. The maximum Gasteiger partial charge on any atom is 0.123 e. The predicted octanol–water partition coefficient (Wildman–Crippen LogP) is 0.559. The molecule has 0 bridgehead atoms. The van der Waals surface area contributed by atoms with E-state index in [-0.39, 0.29) is 5.69 Å². The van der Waals surface area contributed by atoms with Crippen molar-refractivity contribution in [1.29, 1.82) is 0 Å². The molecule has 0 aliphatic carbocycles. The van der Waals surface area contributed by atoms with Crippen molar-refractivity contribution < 1.29 is 14.6 Å². The Labute approximate surface area is 96.1 Å². The molecule has 0 radical (unpaired) electrons. The van der Waals surface area contributed by atoms with Crippen LogP contribution in [0.1, 0.15) is 10.5 Å². The first-order chi connectivity index (χ1) is 7.38. The summed E-state index contributed by atoms with van der Waals surface area (Å²) >= 11 is 0. The van der Waals surface area contributed by atoms with E-state index in [0.29, 0.717) is 13.3 Å². The van der Waals surface area contributed by atoms with Crippen molar-refractivity contribution in [2.24, 2.45) is 0 Å². The minimum absolute atomic E-state index is 0.0613. The Balaban J connectivity index is 2.30. The zero-order chi connectivity index (χ0) is 12.2. The lowest BCUT2D eigenvalue weighted by atomic mass is 10.5. The second-order valence-corrected chi connectivity index (χ2v) is 10.5. The Hall–Kier alpha value is -1.14. The summed E-state index contributed by atoms with van der Waals surface area (Å²) < 4.78 is 7.03. The molecule has 1 heterocycles. The number of nitrogens with zero attached hydrogens (tertiary/aromatic N) is 2. The lowest BCUT2D eigenvalue weighted by molar-refractivity contribution is -0.255. The Bertz CT molecular complexity index is 357. The van der Waals surface area contributed by atoms with E-state index in [2.05, 4.69) is 24.6 Å². The summed E-state index contributed by atoms with van der Waals surface area (Å²) in [4.78, 5) is 14.1. The first-order valence-corrected chi connectivity index (χ1v) is 8.90. The normalized spacial score (nSPS) is 11.7. The number of ether oxygens (including phenoxy) is 1. The Morgan fingerprint density at radius 3 is 2.75 bits per heavy atom. The molecule has 0 fully saturated rings. The van der Waals surface area contributed by atoms with Crippen molar-refractivity contribution in [3.63, 3.8) is 0 Å². The van der Waals surface area contributed by atoms with Crippen molar-refractivity contribution in [2.45, 2.75) is 32.4 Å². The van der Waals surface area contributed by atoms with Gasteiger partial charge in [0, 0.05) is 20.9 Å². The molecule has 0 spiro atoms. The van der Waals surface area contributed by atoms with E-state index in [1.54, 1.807) is 4.57 Å². The zero-order valence-corrected chi connectivity index (χ0v) is 10.9. The van der Waals surface area contributed by atoms with E-state index in [1.807, 2.05) is 0 Å². The third kappa shape index (κ3) is 4.58. The number of aromatic carboxylic acids is 1. The van der Waals surface area contributed by atoms with E-state index >= 15 is 0 Å². The molecule has 0 amide bonds. The second kappa shape index (κ2) is 5.27. The Morgan fingerprint density at radius 2 is 2.25 bits per heavy atom. The van der Waals surface area contributed by atoms with Gasteiger partial charge in [0.15, 0.2) is 0 Å². The number of carboxylic acids is 1. The highest BCUT2D eigenvalue weighted by molar-refractivity contribution is 6.76. The molecule has 1 aromatic rings. The van der Waals surface area contributed by atoms with Crippen LogP contribution in [0.25, 0.3) is 0 Å². The van der Waals surface area contributed by atoms with Crippen molar-refractivity contribution in [2.75, 3.05) is 6.61 Å². The zero-order valence-electron chi connectivity index (χ0n) is 9.90. The average molecular weight is 241 g/mol. The van der Waals surface area contributed by atoms with Gasteiger partial charge in [0.25, 0.3) is 0 Å². The molecule has 0 aromatic carbocycles. The molecule has 16 heavy (non-hydrogen) atoms. The standard InChI is InChI=1S/C10H18N2O3Si/c1-16(2,3)5-4-15-8-12-6-9(10(13)14)11-7-12/h6-7H,4-5,8H2,1-3H3,(H,13,14)/p-1. The molecule has 5 nitrogen and oxygen atoms in total. The third-order valence-corrected chi connectivity index (χ3v) is 3.78. The predicted molar refractivity (Wildman–Crippen MR) is 60.7 cm³/mol. The molecule has 6 heteroatoms. The Kier molecular flexibility index (Phi) is 4.25. The van der Waals surface area contributed by atoms with E-state index in [0.717, 1.165) is 6.04 Å². The molecular weight excluding hydrogens is 224 g/mol. The van der Waals surface area contributed by atoms with Gasteiger partial charge in [-0.25, -0.2) is 4.98 Å². The van der Waals surface area contributed by atoms with Crippen LogP contribution in [0.2, 0.25) is 25.7 Å². The van der Waals surface area contributed by atoms with Crippen LogP contribution in [0, 0.1) is 0 Å². The van der Waals surface area contributed by atoms with Crippen LogP contribution in [0.4, 0.5) is 0 Å². The van der Waals surface area contributed by atoms with Crippen molar-refractivity contribution in [3.8, 4) is 0 Å². The number of carboxylic acid groups (broad SMARTS) is 1. The monoisotopic (exact) mass is 241 g/mol. The number of imidazole rings is 1. The highest BCUT2D eigenvalue weighted by Crippen LogP contribution is 2.07. The van der Waals surface area contributed by atoms with Gasteiger partial charge in [-0.1, -0.05) is 19.6 Å². The molecule has 0 aliphatic heterocycles. The van der Waals surface area contributed by atoms with Crippen LogP contribution >= 0.6 is 0 Å². The smallest absolute Gasteiger partial charge is 0.123 e. The van der Waals surface area contributed by atoms with Gasteiger partial charge in [0.1, 0.15) is 12.4 Å². The summed E-state index contributed by atoms with van der Waals surface area (Å²) in [6.45, 7) is 7.88. The number of rotatable bonds is 6. The van der Waals surface area contributed by atoms with Gasteiger partial charge in [-0.2, -0.15) is 0 Å². The molecule has 90 valence electrons.